The van der Waals surface area contributed by atoms with Crippen LogP contribution in [0.3, 0.4) is 0 Å². The quantitative estimate of drug-likeness (QED) is 0.625. The highest BCUT2D eigenvalue weighted by Gasteiger charge is 2.26. The van der Waals surface area contributed by atoms with Gasteiger partial charge in [-0.05, 0) is 66.5 Å². The predicted octanol–water partition coefficient (Wildman–Crippen LogP) is 5.47. The number of fused-ring (bicyclic) bond motifs is 2. The van der Waals surface area contributed by atoms with Crippen molar-refractivity contribution in [2.45, 2.75) is 30.6 Å². The molecule has 3 aliphatic rings. The molecule has 0 unspecified atom stereocenters. The Hall–Kier alpha value is -2.69. The molecule has 0 saturated carbocycles. The molecule has 1 atom stereocenters. The Balaban J connectivity index is 1.65. The molecule has 3 nitrogen and oxygen atoms in total. The first-order chi connectivity index (χ1) is 12.7. The summed E-state index contributed by atoms with van der Waals surface area (Å²) in [5.41, 5.74) is 5.01. The number of hydrogen-bond donors (Lipinski definition) is 0. The van der Waals surface area contributed by atoms with Crippen molar-refractivity contribution in [3.8, 4) is 12.1 Å². The van der Waals surface area contributed by atoms with E-state index in [-0.39, 0.29) is 5.57 Å². The van der Waals surface area contributed by atoms with Crippen LogP contribution in [0.15, 0.2) is 74.7 Å². The molecule has 0 amide bonds. The zero-order valence-electron chi connectivity index (χ0n) is 14.7. The minimum absolute atomic E-state index is 0.261. The van der Waals surface area contributed by atoms with Gasteiger partial charge in [0.2, 0.25) is 0 Å². The second-order valence-corrected chi connectivity index (χ2v) is 7.94. The Kier molecular flexibility index (Phi) is 4.45. The predicted molar refractivity (Wildman–Crippen MR) is 105 cm³/mol. The van der Waals surface area contributed by atoms with Crippen LogP contribution in [0.2, 0.25) is 0 Å². The maximum Gasteiger partial charge on any atom is 0.132 e. The molecule has 0 spiro atoms. The molecule has 2 aliphatic carbocycles. The summed E-state index contributed by atoms with van der Waals surface area (Å²) in [4.78, 5) is 3.54. The van der Waals surface area contributed by atoms with Gasteiger partial charge in [0.1, 0.15) is 17.7 Å². The minimum Gasteiger partial charge on any atom is -0.338 e. The zero-order chi connectivity index (χ0) is 18.1. The van der Waals surface area contributed by atoms with Crippen molar-refractivity contribution >= 4 is 17.4 Å². The van der Waals surface area contributed by atoms with Crippen LogP contribution >= 0.6 is 11.8 Å². The Morgan fingerprint density at radius 3 is 2.69 bits per heavy atom. The number of thioether (sulfide) groups is 1. The van der Waals surface area contributed by atoms with Gasteiger partial charge in [0.05, 0.1) is 10.7 Å². The summed E-state index contributed by atoms with van der Waals surface area (Å²) in [5.74, 6) is 0.561. The summed E-state index contributed by atoms with van der Waals surface area (Å²) in [6, 6.07) is 12.5. The second-order valence-electron chi connectivity index (χ2n) is 6.87. The average Bonchev–Trinajstić information content (AvgIpc) is 2.98. The molecule has 1 aromatic rings. The first-order valence-electron chi connectivity index (χ1n) is 8.87. The molecule has 0 saturated heterocycles. The highest BCUT2D eigenvalue weighted by Crippen LogP contribution is 2.46. The lowest BCUT2D eigenvalue weighted by atomic mass is 9.77. The molecule has 0 bridgehead atoms. The summed E-state index contributed by atoms with van der Waals surface area (Å²) in [6.45, 7) is 0. The smallest absolute Gasteiger partial charge is 0.132 e. The summed E-state index contributed by atoms with van der Waals surface area (Å²) < 4.78 is 0. The number of anilines is 1. The molecule has 4 rings (SSSR count). The van der Waals surface area contributed by atoms with Gasteiger partial charge in [0.15, 0.2) is 0 Å². The van der Waals surface area contributed by atoms with E-state index in [4.69, 9.17) is 10.5 Å². The third-order valence-corrected chi connectivity index (χ3v) is 6.50. The van der Waals surface area contributed by atoms with Gasteiger partial charge in [0, 0.05) is 11.9 Å². The van der Waals surface area contributed by atoms with E-state index in [1.54, 1.807) is 0 Å². The first kappa shape index (κ1) is 16.8. The number of benzene rings is 1. The van der Waals surface area contributed by atoms with Crippen LogP contribution < -0.4 is 4.90 Å². The Labute approximate surface area is 158 Å². The summed E-state index contributed by atoms with van der Waals surface area (Å²) in [7, 11) is 2.11. The van der Waals surface area contributed by atoms with Crippen molar-refractivity contribution < 1.29 is 0 Å². The molecule has 1 aromatic carbocycles. The van der Waals surface area contributed by atoms with Crippen molar-refractivity contribution in [1.82, 2.24) is 0 Å². The van der Waals surface area contributed by atoms with E-state index >= 15 is 0 Å². The first-order valence-corrected chi connectivity index (χ1v) is 9.69. The Morgan fingerprint density at radius 1 is 1.15 bits per heavy atom. The summed E-state index contributed by atoms with van der Waals surface area (Å²) in [5, 5.41) is 19.5. The molecular weight excluding hydrogens is 338 g/mol. The molecule has 0 aromatic heterocycles. The summed E-state index contributed by atoms with van der Waals surface area (Å²) >= 11 is 1.81. The molecule has 0 fully saturated rings. The molecule has 1 heterocycles. The minimum atomic E-state index is 0.261. The molecule has 0 N–H and O–H groups in total. The lowest BCUT2D eigenvalue weighted by Gasteiger charge is -2.28. The monoisotopic (exact) mass is 357 g/mol. The van der Waals surface area contributed by atoms with Crippen LogP contribution in [0.25, 0.3) is 0 Å². The van der Waals surface area contributed by atoms with Gasteiger partial charge in [-0.3, -0.25) is 0 Å². The number of para-hydroxylation sites is 1. The van der Waals surface area contributed by atoms with Gasteiger partial charge in [-0.2, -0.15) is 10.5 Å². The zero-order valence-corrected chi connectivity index (χ0v) is 15.5. The van der Waals surface area contributed by atoms with Crippen LogP contribution in [0.4, 0.5) is 5.69 Å². The Morgan fingerprint density at radius 2 is 1.92 bits per heavy atom. The van der Waals surface area contributed by atoms with Crippen LogP contribution in [-0.2, 0) is 0 Å². The number of nitrogens with zero attached hydrogens (tertiary/aromatic N) is 3. The summed E-state index contributed by atoms with van der Waals surface area (Å²) in [6.07, 6.45) is 10.7. The molecular formula is C22H19N3S. The van der Waals surface area contributed by atoms with E-state index in [0.717, 1.165) is 31.3 Å². The number of hydrogen-bond acceptors (Lipinski definition) is 4. The van der Waals surface area contributed by atoms with Gasteiger partial charge in [0.25, 0.3) is 0 Å². The second kappa shape index (κ2) is 6.90. The van der Waals surface area contributed by atoms with Crippen molar-refractivity contribution in [2.24, 2.45) is 5.92 Å². The molecule has 128 valence electrons. The molecule has 1 aliphatic heterocycles. The fraction of sp³-hybridized carbons (Fsp3) is 0.273. The Bertz CT molecular complexity index is 950. The van der Waals surface area contributed by atoms with Crippen LogP contribution in [0.1, 0.15) is 25.7 Å². The normalized spacial score (nSPS) is 22.7. The lowest BCUT2D eigenvalue weighted by Crippen LogP contribution is -2.14. The lowest BCUT2D eigenvalue weighted by molar-refractivity contribution is 0.502. The van der Waals surface area contributed by atoms with Crippen LogP contribution in [-0.4, -0.2) is 7.05 Å². The molecule has 0 radical (unpaired) electrons. The third-order valence-electron chi connectivity index (χ3n) is 5.33. The fourth-order valence-corrected chi connectivity index (χ4v) is 5.00. The van der Waals surface area contributed by atoms with E-state index in [2.05, 4.69) is 54.4 Å². The van der Waals surface area contributed by atoms with E-state index < -0.39 is 0 Å². The van der Waals surface area contributed by atoms with E-state index in [9.17, 15) is 0 Å². The molecule has 26 heavy (non-hydrogen) atoms. The van der Waals surface area contributed by atoms with E-state index in [1.165, 1.54) is 26.8 Å². The largest absolute Gasteiger partial charge is 0.338 e. The molecule has 4 heteroatoms. The number of allylic oxidation sites excluding steroid dienone is 7. The van der Waals surface area contributed by atoms with Gasteiger partial charge >= 0.3 is 0 Å². The highest BCUT2D eigenvalue weighted by atomic mass is 32.2. The number of nitriles is 2. The highest BCUT2D eigenvalue weighted by molar-refractivity contribution is 8.03. The van der Waals surface area contributed by atoms with Crippen LogP contribution in [0, 0.1) is 28.6 Å². The topological polar surface area (TPSA) is 50.8 Å². The van der Waals surface area contributed by atoms with E-state index in [1.807, 2.05) is 23.9 Å². The standard InChI is InChI=1S/C22H19N3S/c1-25-20-4-2-3-5-21(20)26-22(25)11-15-6-7-16-8-9-17(12-18(16)10-15)19(13-23)14-24/h2-5,10-12,16H,6-9H2,1H3/b22-11-/t16-/m1/s1. The van der Waals surface area contributed by atoms with Gasteiger partial charge in [-0.15, -0.1) is 0 Å². The van der Waals surface area contributed by atoms with E-state index in [0.29, 0.717) is 5.92 Å². The van der Waals surface area contributed by atoms with Crippen molar-refractivity contribution in [3.63, 3.8) is 0 Å². The maximum absolute atomic E-state index is 9.14. The van der Waals surface area contributed by atoms with Gasteiger partial charge < -0.3 is 4.90 Å². The van der Waals surface area contributed by atoms with Crippen LogP contribution in [0.5, 0.6) is 0 Å². The van der Waals surface area contributed by atoms with Crippen molar-refractivity contribution in [3.05, 3.63) is 69.8 Å². The third kappa shape index (κ3) is 2.98. The van der Waals surface area contributed by atoms with Gasteiger partial charge in [-0.1, -0.05) is 36.0 Å². The fourth-order valence-electron chi connectivity index (χ4n) is 3.87. The van der Waals surface area contributed by atoms with Crippen molar-refractivity contribution in [2.75, 3.05) is 11.9 Å². The SMILES string of the molecule is CN1/C(=C/C2=CC3=CC(=C(C#N)C#N)CC[C@H]3CC2)Sc2ccccc21. The van der Waals surface area contributed by atoms with Gasteiger partial charge in [-0.25, -0.2) is 0 Å². The van der Waals surface area contributed by atoms with Crippen molar-refractivity contribution in [1.29, 1.82) is 10.5 Å². The maximum atomic E-state index is 9.14. The average molecular weight is 357 g/mol. The number of rotatable bonds is 1.